The molecule has 0 aliphatic heterocycles. The lowest BCUT2D eigenvalue weighted by atomic mass is 10.4. The highest BCUT2D eigenvalue weighted by Crippen LogP contribution is 2.06. The highest BCUT2D eigenvalue weighted by Gasteiger charge is 2.04. The van der Waals surface area contributed by atoms with Gasteiger partial charge in [0.15, 0.2) is 0 Å². The molecule has 0 saturated heterocycles. The first-order valence-corrected chi connectivity index (χ1v) is 5.42. The van der Waals surface area contributed by atoms with E-state index in [1.54, 1.807) is 18.7 Å². The van der Waals surface area contributed by atoms with Gasteiger partial charge in [0.1, 0.15) is 12.2 Å². The Morgan fingerprint density at radius 2 is 2.12 bits per heavy atom. The second-order valence-corrected chi connectivity index (χ2v) is 3.47. The van der Waals surface area contributed by atoms with Crippen LogP contribution in [0.25, 0.3) is 5.69 Å². The Balaban J connectivity index is 2.13. The van der Waals surface area contributed by atoms with Crippen molar-refractivity contribution in [2.75, 3.05) is 6.54 Å². The van der Waals surface area contributed by atoms with E-state index in [0.29, 0.717) is 0 Å². The van der Waals surface area contributed by atoms with E-state index in [-0.39, 0.29) is 0 Å². The number of nitrogens with zero attached hydrogens (tertiary/aromatic N) is 4. The van der Waals surface area contributed by atoms with Gasteiger partial charge in [-0.2, -0.15) is 5.10 Å². The summed E-state index contributed by atoms with van der Waals surface area (Å²) in [5.41, 5.74) is 0.987. The van der Waals surface area contributed by atoms with Crippen molar-refractivity contribution >= 4 is 0 Å². The maximum absolute atomic E-state index is 4.23. The predicted octanol–water partition coefficient (Wildman–Crippen LogP) is 1.16. The van der Waals surface area contributed by atoms with Crippen LogP contribution in [0.3, 0.4) is 0 Å². The molecule has 0 spiro atoms. The largest absolute Gasteiger partial charge is 0.310 e. The zero-order chi connectivity index (χ0) is 11.2. The Bertz CT molecular complexity index is 423. The van der Waals surface area contributed by atoms with Crippen LogP contribution >= 0.6 is 0 Å². The summed E-state index contributed by atoms with van der Waals surface area (Å²) in [6, 6.07) is 3.83. The first-order chi connectivity index (χ1) is 7.92. The average molecular weight is 217 g/mol. The zero-order valence-electron chi connectivity index (χ0n) is 9.30. The van der Waals surface area contributed by atoms with Gasteiger partial charge in [-0.15, -0.1) is 0 Å². The predicted molar refractivity (Wildman–Crippen MR) is 61.2 cm³/mol. The third kappa shape index (κ3) is 2.43. The molecule has 16 heavy (non-hydrogen) atoms. The molecule has 0 unspecified atom stereocenters. The van der Waals surface area contributed by atoms with Crippen LogP contribution < -0.4 is 5.32 Å². The molecule has 2 heterocycles. The Kier molecular flexibility index (Phi) is 3.61. The second kappa shape index (κ2) is 5.37. The van der Waals surface area contributed by atoms with Crippen LogP contribution in [0.15, 0.2) is 30.9 Å². The second-order valence-electron chi connectivity index (χ2n) is 3.47. The molecule has 0 aliphatic rings. The van der Waals surface area contributed by atoms with E-state index >= 15 is 0 Å². The molecule has 0 aromatic carbocycles. The molecular weight excluding hydrogens is 202 g/mol. The molecule has 0 radical (unpaired) electrons. The number of hydrogen-bond donors (Lipinski definition) is 1. The van der Waals surface area contributed by atoms with E-state index in [9.17, 15) is 0 Å². The highest BCUT2D eigenvalue weighted by atomic mass is 15.3. The van der Waals surface area contributed by atoms with Crippen molar-refractivity contribution in [1.82, 2.24) is 25.1 Å². The fourth-order valence-electron chi connectivity index (χ4n) is 1.46. The maximum atomic E-state index is 4.23. The smallest absolute Gasteiger partial charge is 0.146 e. The molecule has 2 aromatic rings. The normalized spacial score (nSPS) is 10.6. The molecule has 2 aromatic heterocycles. The summed E-state index contributed by atoms with van der Waals surface area (Å²) in [6.07, 6.45) is 6.19. The first kappa shape index (κ1) is 10.8. The third-order valence-corrected chi connectivity index (χ3v) is 2.24. The summed E-state index contributed by atoms with van der Waals surface area (Å²) in [5.74, 6) is 0.916. The molecule has 0 saturated carbocycles. The van der Waals surface area contributed by atoms with Crippen molar-refractivity contribution in [3.05, 3.63) is 36.7 Å². The van der Waals surface area contributed by atoms with Gasteiger partial charge in [0.2, 0.25) is 0 Å². The van der Waals surface area contributed by atoms with Gasteiger partial charge < -0.3 is 5.32 Å². The molecule has 1 N–H and O–H groups in total. The Morgan fingerprint density at radius 1 is 1.31 bits per heavy atom. The molecular formula is C11H15N5. The fourth-order valence-corrected chi connectivity index (χ4v) is 1.46. The Hall–Kier alpha value is -1.75. The summed E-state index contributed by atoms with van der Waals surface area (Å²) >= 11 is 0. The van der Waals surface area contributed by atoms with Crippen LogP contribution in [0.2, 0.25) is 0 Å². The SMILES string of the molecule is CCCNCc1ncnn1-c1ccncc1. The number of pyridine rings is 1. The van der Waals surface area contributed by atoms with Crippen molar-refractivity contribution in [2.24, 2.45) is 0 Å². The summed E-state index contributed by atoms with van der Waals surface area (Å²) in [5, 5.41) is 7.51. The molecule has 5 heteroatoms. The maximum Gasteiger partial charge on any atom is 0.146 e. The first-order valence-electron chi connectivity index (χ1n) is 5.42. The van der Waals surface area contributed by atoms with Gasteiger partial charge in [-0.05, 0) is 25.1 Å². The van der Waals surface area contributed by atoms with E-state index in [1.807, 2.05) is 16.8 Å². The standard InChI is InChI=1S/C11H15N5/c1-2-5-13-8-11-14-9-15-16(11)10-3-6-12-7-4-10/h3-4,6-7,9,13H,2,5,8H2,1H3. The number of hydrogen-bond acceptors (Lipinski definition) is 4. The average Bonchev–Trinajstić information content (AvgIpc) is 2.79. The van der Waals surface area contributed by atoms with E-state index < -0.39 is 0 Å². The lowest BCUT2D eigenvalue weighted by molar-refractivity contribution is 0.632. The third-order valence-electron chi connectivity index (χ3n) is 2.24. The number of rotatable bonds is 5. The van der Waals surface area contributed by atoms with Crippen molar-refractivity contribution < 1.29 is 0 Å². The minimum Gasteiger partial charge on any atom is -0.310 e. The molecule has 0 fully saturated rings. The van der Waals surface area contributed by atoms with Gasteiger partial charge in [0, 0.05) is 12.4 Å². The highest BCUT2D eigenvalue weighted by molar-refractivity contribution is 5.28. The van der Waals surface area contributed by atoms with Gasteiger partial charge in [-0.3, -0.25) is 4.98 Å². The van der Waals surface area contributed by atoms with Gasteiger partial charge in [-0.1, -0.05) is 6.92 Å². The lowest BCUT2D eigenvalue weighted by Gasteiger charge is -2.05. The van der Waals surface area contributed by atoms with E-state index in [4.69, 9.17) is 0 Å². The monoisotopic (exact) mass is 217 g/mol. The quantitative estimate of drug-likeness (QED) is 0.764. The van der Waals surface area contributed by atoms with Crippen LogP contribution in [0.1, 0.15) is 19.2 Å². The number of aromatic nitrogens is 4. The molecule has 0 bridgehead atoms. The zero-order valence-corrected chi connectivity index (χ0v) is 9.30. The van der Waals surface area contributed by atoms with Gasteiger partial charge in [0.05, 0.1) is 12.2 Å². The number of nitrogens with one attached hydrogen (secondary N) is 1. The molecule has 2 rings (SSSR count). The van der Waals surface area contributed by atoms with Gasteiger partial charge in [0.25, 0.3) is 0 Å². The van der Waals surface area contributed by atoms with Crippen LogP contribution in [0, 0.1) is 0 Å². The van der Waals surface area contributed by atoms with E-state index in [2.05, 4.69) is 27.3 Å². The van der Waals surface area contributed by atoms with Crippen LogP contribution in [-0.2, 0) is 6.54 Å². The van der Waals surface area contributed by atoms with Gasteiger partial charge in [-0.25, -0.2) is 9.67 Å². The molecule has 0 amide bonds. The van der Waals surface area contributed by atoms with Crippen molar-refractivity contribution in [3.63, 3.8) is 0 Å². The van der Waals surface area contributed by atoms with Crippen molar-refractivity contribution in [2.45, 2.75) is 19.9 Å². The van der Waals surface area contributed by atoms with E-state index in [1.165, 1.54) is 0 Å². The topological polar surface area (TPSA) is 55.6 Å². The fraction of sp³-hybridized carbons (Fsp3) is 0.364. The molecule has 5 nitrogen and oxygen atoms in total. The lowest BCUT2D eigenvalue weighted by Crippen LogP contribution is -2.17. The molecule has 0 aliphatic carbocycles. The van der Waals surface area contributed by atoms with Crippen LogP contribution in [-0.4, -0.2) is 26.3 Å². The minimum atomic E-state index is 0.732. The Labute approximate surface area is 94.5 Å². The summed E-state index contributed by atoms with van der Waals surface area (Å²) < 4.78 is 1.82. The summed E-state index contributed by atoms with van der Waals surface area (Å²) in [6.45, 7) is 3.86. The summed E-state index contributed by atoms with van der Waals surface area (Å²) in [4.78, 5) is 8.22. The van der Waals surface area contributed by atoms with Crippen molar-refractivity contribution in [3.8, 4) is 5.69 Å². The summed E-state index contributed by atoms with van der Waals surface area (Å²) in [7, 11) is 0. The van der Waals surface area contributed by atoms with E-state index in [0.717, 1.165) is 31.0 Å². The molecule has 84 valence electrons. The Morgan fingerprint density at radius 3 is 2.88 bits per heavy atom. The van der Waals surface area contributed by atoms with Crippen LogP contribution in [0.5, 0.6) is 0 Å². The van der Waals surface area contributed by atoms with Gasteiger partial charge >= 0.3 is 0 Å². The molecule has 0 atom stereocenters. The van der Waals surface area contributed by atoms with Crippen LogP contribution in [0.4, 0.5) is 0 Å². The minimum absolute atomic E-state index is 0.732. The van der Waals surface area contributed by atoms with Crippen molar-refractivity contribution in [1.29, 1.82) is 0 Å².